The maximum absolute atomic E-state index is 11.9. The average molecular weight is 256 g/mol. The maximum atomic E-state index is 11.9. The number of Topliss-reactive ketones (excluding diaryl/α,β-unsaturated/α-hetero) is 2. The Labute approximate surface area is 109 Å². The molecule has 0 saturated carbocycles. The van der Waals surface area contributed by atoms with Crippen LogP contribution in [-0.4, -0.2) is 24.6 Å². The summed E-state index contributed by atoms with van der Waals surface area (Å²) in [7, 11) is 1.27. The fourth-order valence-corrected chi connectivity index (χ4v) is 1.79. The van der Waals surface area contributed by atoms with Gasteiger partial charge < -0.3 is 4.74 Å². The number of ketones is 2. The highest BCUT2D eigenvalue weighted by Crippen LogP contribution is 2.15. The van der Waals surface area contributed by atoms with Gasteiger partial charge in [-0.25, -0.2) is 0 Å². The summed E-state index contributed by atoms with van der Waals surface area (Å²) < 4.78 is 4.63. The molecule has 0 N–H and O–H groups in total. The topological polar surface area (TPSA) is 60.4 Å². The molecule has 104 valence electrons. The van der Waals surface area contributed by atoms with Gasteiger partial charge in [-0.3, -0.25) is 14.4 Å². The van der Waals surface area contributed by atoms with Crippen molar-refractivity contribution in [1.29, 1.82) is 0 Å². The predicted molar refractivity (Wildman–Crippen MR) is 69.2 cm³/mol. The molecular weight excluding hydrogens is 232 g/mol. The van der Waals surface area contributed by atoms with E-state index in [-0.39, 0.29) is 24.4 Å². The Balaban J connectivity index is 4.36. The lowest BCUT2D eigenvalue weighted by Crippen LogP contribution is -2.26. The first-order valence-electron chi connectivity index (χ1n) is 6.69. The van der Waals surface area contributed by atoms with Gasteiger partial charge in [0.25, 0.3) is 0 Å². The van der Waals surface area contributed by atoms with Crippen LogP contribution in [0.5, 0.6) is 0 Å². The Bertz CT molecular complexity index is 284. The molecule has 4 heteroatoms. The first-order chi connectivity index (χ1) is 8.56. The van der Waals surface area contributed by atoms with Crippen molar-refractivity contribution < 1.29 is 19.1 Å². The van der Waals surface area contributed by atoms with E-state index in [4.69, 9.17) is 0 Å². The molecule has 0 heterocycles. The average Bonchev–Trinajstić information content (AvgIpc) is 2.36. The molecule has 1 atom stereocenters. The lowest BCUT2D eigenvalue weighted by Gasteiger charge is -2.12. The third kappa shape index (κ3) is 6.52. The fourth-order valence-electron chi connectivity index (χ4n) is 1.79. The van der Waals surface area contributed by atoms with Gasteiger partial charge in [0.1, 0.15) is 17.5 Å². The summed E-state index contributed by atoms with van der Waals surface area (Å²) in [5, 5.41) is 0. The molecule has 0 saturated heterocycles. The fraction of sp³-hybridized carbons (Fsp3) is 0.786. The number of carbonyl (C=O) groups excluding carboxylic acids is 3. The Morgan fingerprint density at radius 3 is 2.17 bits per heavy atom. The van der Waals surface area contributed by atoms with E-state index in [0.717, 1.165) is 19.3 Å². The molecule has 1 unspecified atom stereocenters. The van der Waals surface area contributed by atoms with Crippen LogP contribution in [0.2, 0.25) is 0 Å². The number of hydrogen-bond donors (Lipinski definition) is 0. The first-order valence-corrected chi connectivity index (χ1v) is 6.69. The van der Waals surface area contributed by atoms with Gasteiger partial charge in [-0.15, -0.1) is 0 Å². The molecule has 0 aliphatic rings. The monoisotopic (exact) mass is 256 g/mol. The molecule has 0 fully saturated rings. The van der Waals surface area contributed by atoms with Gasteiger partial charge in [-0.1, -0.05) is 20.3 Å². The lowest BCUT2D eigenvalue weighted by atomic mass is 9.93. The summed E-state index contributed by atoms with van der Waals surface area (Å²) in [5.74, 6) is -1.27. The molecule has 18 heavy (non-hydrogen) atoms. The van der Waals surface area contributed by atoms with Crippen LogP contribution in [0, 0.1) is 5.92 Å². The molecule has 4 nitrogen and oxygen atoms in total. The minimum Gasteiger partial charge on any atom is -0.468 e. The van der Waals surface area contributed by atoms with E-state index in [9.17, 15) is 14.4 Å². The zero-order valence-corrected chi connectivity index (χ0v) is 11.7. The van der Waals surface area contributed by atoms with Crippen LogP contribution in [0.3, 0.4) is 0 Å². The Hall–Kier alpha value is -1.19. The smallest absolute Gasteiger partial charge is 0.316 e. The summed E-state index contributed by atoms with van der Waals surface area (Å²) in [6.07, 6.45) is 3.95. The van der Waals surface area contributed by atoms with Gasteiger partial charge >= 0.3 is 5.97 Å². The van der Waals surface area contributed by atoms with E-state index in [0.29, 0.717) is 12.8 Å². The van der Waals surface area contributed by atoms with Crippen LogP contribution in [0.4, 0.5) is 0 Å². The van der Waals surface area contributed by atoms with Crippen molar-refractivity contribution in [2.75, 3.05) is 7.11 Å². The largest absolute Gasteiger partial charge is 0.468 e. The summed E-state index contributed by atoms with van der Waals surface area (Å²) in [6, 6.07) is 0. The third-order valence-corrected chi connectivity index (χ3v) is 2.89. The third-order valence-electron chi connectivity index (χ3n) is 2.89. The molecule has 0 radical (unpaired) electrons. The highest BCUT2D eigenvalue weighted by molar-refractivity contribution is 5.99. The predicted octanol–water partition coefficient (Wildman–Crippen LogP) is 2.68. The van der Waals surface area contributed by atoms with E-state index in [1.54, 1.807) is 0 Å². The molecule has 0 aromatic carbocycles. The Morgan fingerprint density at radius 1 is 1.00 bits per heavy atom. The Morgan fingerprint density at radius 2 is 1.67 bits per heavy atom. The number of unbranched alkanes of at least 4 members (excludes halogenated alkanes) is 1. The van der Waals surface area contributed by atoms with Crippen molar-refractivity contribution in [2.24, 2.45) is 5.92 Å². The standard InChI is InChI=1S/C14H24O4/c1-4-6-8-13(16)12(14(17)18-3)10-9-11(15)7-5-2/h12H,4-10H2,1-3H3. The van der Waals surface area contributed by atoms with Crippen molar-refractivity contribution in [1.82, 2.24) is 0 Å². The number of ether oxygens (including phenoxy) is 1. The van der Waals surface area contributed by atoms with Gasteiger partial charge in [0, 0.05) is 19.3 Å². The second kappa shape index (κ2) is 9.80. The van der Waals surface area contributed by atoms with Crippen LogP contribution in [0.25, 0.3) is 0 Å². The van der Waals surface area contributed by atoms with E-state index >= 15 is 0 Å². The second-order valence-corrected chi connectivity index (χ2v) is 4.47. The van der Waals surface area contributed by atoms with E-state index < -0.39 is 11.9 Å². The van der Waals surface area contributed by atoms with Gasteiger partial charge in [-0.2, -0.15) is 0 Å². The molecule has 0 aromatic heterocycles. The summed E-state index contributed by atoms with van der Waals surface area (Å²) >= 11 is 0. The normalized spacial score (nSPS) is 11.9. The zero-order valence-electron chi connectivity index (χ0n) is 11.7. The number of esters is 1. The number of hydrogen-bond acceptors (Lipinski definition) is 4. The van der Waals surface area contributed by atoms with Crippen LogP contribution >= 0.6 is 0 Å². The van der Waals surface area contributed by atoms with Crippen molar-refractivity contribution >= 4 is 17.5 Å². The van der Waals surface area contributed by atoms with Crippen LogP contribution in [-0.2, 0) is 19.1 Å². The van der Waals surface area contributed by atoms with Crippen molar-refractivity contribution in [3.63, 3.8) is 0 Å². The minimum absolute atomic E-state index is 0.104. The van der Waals surface area contributed by atoms with E-state index in [1.807, 2.05) is 13.8 Å². The van der Waals surface area contributed by atoms with Crippen molar-refractivity contribution in [2.45, 2.75) is 58.8 Å². The zero-order chi connectivity index (χ0) is 14.0. The molecule has 0 aliphatic carbocycles. The number of carbonyl (C=O) groups is 3. The van der Waals surface area contributed by atoms with Gasteiger partial charge in [-0.05, 0) is 19.3 Å². The molecule has 0 rings (SSSR count). The van der Waals surface area contributed by atoms with Crippen molar-refractivity contribution in [3.8, 4) is 0 Å². The highest BCUT2D eigenvalue weighted by Gasteiger charge is 2.27. The number of rotatable bonds is 10. The van der Waals surface area contributed by atoms with E-state index in [1.165, 1.54) is 7.11 Å². The number of methoxy groups -OCH3 is 1. The van der Waals surface area contributed by atoms with Gasteiger partial charge in [0.05, 0.1) is 7.11 Å². The lowest BCUT2D eigenvalue weighted by molar-refractivity contribution is -0.149. The summed E-state index contributed by atoms with van der Waals surface area (Å²) in [6.45, 7) is 3.92. The molecule has 0 aliphatic heterocycles. The SMILES string of the molecule is CCCCC(=O)C(CCC(=O)CCC)C(=O)OC. The molecule has 0 amide bonds. The maximum Gasteiger partial charge on any atom is 0.316 e. The quantitative estimate of drug-likeness (QED) is 0.445. The molecular formula is C14H24O4. The molecule has 0 aromatic rings. The van der Waals surface area contributed by atoms with Crippen LogP contribution < -0.4 is 0 Å². The van der Waals surface area contributed by atoms with Crippen LogP contribution in [0.15, 0.2) is 0 Å². The van der Waals surface area contributed by atoms with Crippen LogP contribution in [0.1, 0.15) is 58.8 Å². The Kier molecular flexibility index (Phi) is 9.15. The highest BCUT2D eigenvalue weighted by atomic mass is 16.5. The minimum atomic E-state index is -0.762. The first kappa shape index (κ1) is 16.8. The van der Waals surface area contributed by atoms with Crippen molar-refractivity contribution in [3.05, 3.63) is 0 Å². The van der Waals surface area contributed by atoms with E-state index in [2.05, 4.69) is 4.74 Å². The summed E-state index contributed by atoms with van der Waals surface area (Å²) in [5.41, 5.74) is 0. The molecule has 0 bridgehead atoms. The van der Waals surface area contributed by atoms with Gasteiger partial charge in [0.2, 0.25) is 0 Å². The summed E-state index contributed by atoms with van der Waals surface area (Å²) in [4.78, 5) is 34.8. The molecule has 0 spiro atoms. The second-order valence-electron chi connectivity index (χ2n) is 4.47. The van der Waals surface area contributed by atoms with Gasteiger partial charge in [0.15, 0.2) is 0 Å².